The lowest BCUT2D eigenvalue weighted by molar-refractivity contribution is 0.564. The van der Waals surface area contributed by atoms with E-state index in [4.69, 9.17) is 5.26 Å². The number of aromatic amines is 1. The van der Waals surface area contributed by atoms with Gasteiger partial charge in [0.05, 0.1) is 0 Å². The number of hydrogen-bond acceptors (Lipinski definition) is 5. The molecule has 1 atom stereocenters. The Morgan fingerprint density at radius 2 is 2.12 bits per heavy atom. The number of aryl methyl sites for hydroxylation is 1. The van der Waals surface area contributed by atoms with Crippen LogP contribution in [-0.4, -0.2) is 23.1 Å². The van der Waals surface area contributed by atoms with Crippen LogP contribution in [0.25, 0.3) is 5.57 Å². The van der Waals surface area contributed by atoms with Crippen molar-refractivity contribution in [1.82, 2.24) is 9.97 Å². The van der Waals surface area contributed by atoms with Crippen LogP contribution in [0.5, 0.6) is 0 Å². The smallest absolute Gasteiger partial charge is 0.275 e. The van der Waals surface area contributed by atoms with Crippen molar-refractivity contribution in [3.8, 4) is 12.1 Å². The van der Waals surface area contributed by atoms with Gasteiger partial charge < -0.3 is 9.88 Å². The minimum atomic E-state index is -0.469. The Morgan fingerprint density at radius 1 is 1.31 bits per heavy atom. The number of nitrogens with one attached hydrogen (secondary N) is 1. The molecule has 0 spiro atoms. The lowest BCUT2D eigenvalue weighted by Crippen LogP contribution is -2.40. The van der Waals surface area contributed by atoms with Crippen molar-refractivity contribution >= 4 is 11.3 Å². The molecule has 0 saturated carbocycles. The number of para-hydroxylation sites is 1. The van der Waals surface area contributed by atoms with Crippen molar-refractivity contribution in [1.29, 1.82) is 10.5 Å². The van der Waals surface area contributed by atoms with Crippen LogP contribution in [0.4, 0.5) is 5.69 Å². The molecule has 6 heteroatoms. The summed E-state index contributed by atoms with van der Waals surface area (Å²) in [6.07, 6.45) is 3.01. The molecule has 6 nitrogen and oxygen atoms in total. The molecule has 0 bridgehead atoms. The molecule has 0 saturated heterocycles. The van der Waals surface area contributed by atoms with E-state index in [1.165, 1.54) is 16.8 Å². The molecule has 1 unspecified atom stereocenters. The highest BCUT2D eigenvalue weighted by Gasteiger charge is 2.31. The molecule has 1 aromatic heterocycles. The number of nitrogens with zero attached hydrogens (tertiary/aromatic N) is 4. The number of aromatic nitrogens is 2. The number of nitriles is 2. The van der Waals surface area contributed by atoms with Crippen molar-refractivity contribution < 1.29 is 0 Å². The van der Waals surface area contributed by atoms with Crippen LogP contribution in [0.3, 0.4) is 0 Å². The molecule has 1 N–H and O–H groups in total. The van der Waals surface area contributed by atoms with Gasteiger partial charge in [0.2, 0.25) is 0 Å². The molecule has 2 aliphatic rings. The maximum absolute atomic E-state index is 12.4. The van der Waals surface area contributed by atoms with E-state index in [0.717, 1.165) is 32.4 Å². The first-order valence-corrected chi connectivity index (χ1v) is 8.61. The van der Waals surface area contributed by atoms with Gasteiger partial charge >= 0.3 is 0 Å². The largest absolute Gasteiger partial charge is 0.370 e. The summed E-state index contributed by atoms with van der Waals surface area (Å²) < 4.78 is 0. The van der Waals surface area contributed by atoms with Gasteiger partial charge in [0, 0.05) is 24.7 Å². The number of benzene rings is 1. The molecule has 4 rings (SSSR count). The molecule has 2 aromatic rings. The van der Waals surface area contributed by atoms with Crippen molar-refractivity contribution in [2.24, 2.45) is 5.92 Å². The van der Waals surface area contributed by atoms with E-state index >= 15 is 0 Å². The third kappa shape index (κ3) is 2.48. The van der Waals surface area contributed by atoms with E-state index in [2.05, 4.69) is 39.6 Å². The van der Waals surface area contributed by atoms with E-state index in [9.17, 15) is 10.1 Å². The van der Waals surface area contributed by atoms with Crippen LogP contribution in [0.2, 0.25) is 0 Å². The molecular formula is C20H17N5O. The summed E-state index contributed by atoms with van der Waals surface area (Å²) in [5.41, 5.74) is 4.12. The molecule has 26 heavy (non-hydrogen) atoms. The van der Waals surface area contributed by atoms with E-state index in [1.54, 1.807) is 6.07 Å². The van der Waals surface area contributed by atoms with Gasteiger partial charge in [-0.25, -0.2) is 4.98 Å². The van der Waals surface area contributed by atoms with Crippen LogP contribution in [-0.2, 0) is 12.8 Å². The topological polar surface area (TPSA) is 96.6 Å². The zero-order valence-electron chi connectivity index (χ0n) is 14.2. The number of rotatable bonds is 2. The second-order valence-electron chi connectivity index (χ2n) is 6.76. The number of H-pyrrole nitrogens is 1. The van der Waals surface area contributed by atoms with Crippen molar-refractivity contribution in [2.45, 2.75) is 19.3 Å². The zero-order chi connectivity index (χ0) is 18.3. The second-order valence-corrected chi connectivity index (χ2v) is 6.76. The standard InChI is InChI=1S/C20H17N5O/c1-12(18-20(26)24-17(10-22)16(9-21)23-18)15-8-14-5-2-4-13-6-3-7-25(11-15)19(13)14/h2,4-5,15H,1,3,6-8,11H2,(H,24,26). The molecule has 128 valence electrons. The first-order valence-electron chi connectivity index (χ1n) is 8.61. The summed E-state index contributed by atoms with van der Waals surface area (Å²) in [5.74, 6) is 0.0453. The lowest BCUT2D eigenvalue weighted by Gasteiger charge is -2.40. The Balaban J connectivity index is 1.72. The van der Waals surface area contributed by atoms with Gasteiger partial charge in [-0.3, -0.25) is 4.79 Å². The highest BCUT2D eigenvalue weighted by molar-refractivity contribution is 5.69. The molecule has 0 fully saturated rings. The quantitative estimate of drug-likeness (QED) is 0.901. The number of hydrogen-bond donors (Lipinski definition) is 1. The summed E-state index contributed by atoms with van der Waals surface area (Å²) in [5, 5.41) is 18.2. The maximum atomic E-state index is 12.4. The van der Waals surface area contributed by atoms with E-state index in [-0.39, 0.29) is 23.0 Å². The summed E-state index contributed by atoms with van der Waals surface area (Å²) in [6, 6.07) is 10.1. The van der Waals surface area contributed by atoms with Gasteiger partial charge in [-0.15, -0.1) is 0 Å². The van der Waals surface area contributed by atoms with Crippen LogP contribution < -0.4 is 10.5 Å². The third-order valence-corrected chi connectivity index (χ3v) is 5.23. The van der Waals surface area contributed by atoms with Gasteiger partial charge in [-0.05, 0) is 36.0 Å². The molecule has 0 radical (unpaired) electrons. The first-order chi connectivity index (χ1) is 12.6. The Kier molecular flexibility index (Phi) is 3.82. The highest BCUT2D eigenvalue weighted by Crippen LogP contribution is 2.39. The van der Waals surface area contributed by atoms with Crippen molar-refractivity contribution in [2.75, 3.05) is 18.0 Å². The fraction of sp³-hybridized carbons (Fsp3) is 0.300. The molecule has 0 aliphatic carbocycles. The van der Waals surface area contributed by atoms with Crippen LogP contribution >= 0.6 is 0 Å². The van der Waals surface area contributed by atoms with Gasteiger partial charge in [0.15, 0.2) is 11.4 Å². The molecule has 3 heterocycles. The zero-order valence-corrected chi connectivity index (χ0v) is 14.2. The molecule has 2 aliphatic heterocycles. The van der Waals surface area contributed by atoms with Crippen molar-refractivity contribution in [3.05, 3.63) is 63.3 Å². The van der Waals surface area contributed by atoms with Gasteiger partial charge in [-0.2, -0.15) is 10.5 Å². The van der Waals surface area contributed by atoms with Gasteiger partial charge in [0.25, 0.3) is 5.56 Å². The fourth-order valence-electron chi connectivity index (χ4n) is 4.02. The second kappa shape index (κ2) is 6.16. The normalized spacial score (nSPS) is 17.8. The average molecular weight is 343 g/mol. The first kappa shape index (κ1) is 16.1. The van der Waals surface area contributed by atoms with E-state index in [0.29, 0.717) is 5.57 Å². The Labute approximate surface area is 151 Å². The molecule has 1 aromatic carbocycles. The third-order valence-electron chi connectivity index (χ3n) is 5.23. The summed E-state index contributed by atoms with van der Waals surface area (Å²) in [7, 11) is 0. The van der Waals surface area contributed by atoms with E-state index in [1.807, 2.05) is 6.07 Å². The van der Waals surface area contributed by atoms with Crippen LogP contribution in [0, 0.1) is 28.6 Å². The fourth-order valence-corrected chi connectivity index (χ4v) is 4.02. The lowest BCUT2D eigenvalue weighted by atomic mass is 9.83. The van der Waals surface area contributed by atoms with Crippen LogP contribution in [0.15, 0.2) is 29.6 Å². The predicted molar refractivity (Wildman–Crippen MR) is 97.5 cm³/mol. The summed E-state index contributed by atoms with van der Waals surface area (Å²) in [4.78, 5) is 21.3. The Hall–Kier alpha value is -3.38. The Bertz CT molecular complexity index is 1050. The van der Waals surface area contributed by atoms with E-state index < -0.39 is 5.56 Å². The molecule has 0 amide bonds. The van der Waals surface area contributed by atoms with Gasteiger partial charge in [0.1, 0.15) is 17.8 Å². The SMILES string of the molecule is C=C(c1nc(C#N)c(C#N)[nH]c1=O)C1Cc2cccc3c2N(CCC3)C1. The van der Waals surface area contributed by atoms with Crippen LogP contribution in [0.1, 0.15) is 34.6 Å². The summed E-state index contributed by atoms with van der Waals surface area (Å²) >= 11 is 0. The Morgan fingerprint density at radius 3 is 2.88 bits per heavy atom. The monoisotopic (exact) mass is 343 g/mol. The minimum Gasteiger partial charge on any atom is -0.370 e. The van der Waals surface area contributed by atoms with Crippen molar-refractivity contribution in [3.63, 3.8) is 0 Å². The number of anilines is 1. The maximum Gasteiger partial charge on any atom is 0.275 e. The summed E-state index contributed by atoms with van der Waals surface area (Å²) in [6.45, 7) is 5.90. The molecular weight excluding hydrogens is 326 g/mol. The highest BCUT2D eigenvalue weighted by atomic mass is 16.1. The average Bonchev–Trinajstić information content (AvgIpc) is 2.67. The minimum absolute atomic E-state index is 0.0453. The van der Waals surface area contributed by atoms with Gasteiger partial charge in [-0.1, -0.05) is 24.8 Å². The predicted octanol–water partition coefficient (Wildman–Crippen LogP) is 2.15.